The molecule has 2 N–H and O–H groups in total. The van der Waals surface area contributed by atoms with Crippen LogP contribution in [0, 0.1) is 0 Å². The Balaban J connectivity index is 2.27. The first kappa shape index (κ1) is 11.6. The van der Waals surface area contributed by atoms with E-state index in [0.29, 0.717) is 0 Å². The zero-order valence-electron chi connectivity index (χ0n) is 9.63. The molecule has 0 spiro atoms. The lowest BCUT2D eigenvalue weighted by molar-refractivity contribution is -0.0764. The largest absolute Gasteiger partial charge is 0.364 e. The van der Waals surface area contributed by atoms with Crippen LogP contribution in [0.4, 0.5) is 11.4 Å². The van der Waals surface area contributed by atoms with Gasteiger partial charge in [0.2, 0.25) is 0 Å². The van der Waals surface area contributed by atoms with Crippen molar-refractivity contribution in [3.63, 3.8) is 0 Å². The maximum atomic E-state index is 9.73. The minimum absolute atomic E-state index is 0.721. The van der Waals surface area contributed by atoms with Gasteiger partial charge >= 0.3 is 0 Å². The molecular formula is C14H15NO2. The van der Waals surface area contributed by atoms with Crippen molar-refractivity contribution in [2.75, 3.05) is 12.4 Å². The van der Waals surface area contributed by atoms with E-state index >= 15 is 0 Å². The molecule has 0 fully saturated rings. The van der Waals surface area contributed by atoms with Crippen LogP contribution < -0.4 is 5.32 Å². The lowest BCUT2D eigenvalue weighted by Gasteiger charge is -2.15. The SMILES string of the molecule is COC(O)c1ccccc1Nc1ccccc1. The number of aliphatic hydroxyl groups is 1. The molecule has 0 bridgehead atoms. The molecule has 0 heterocycles. The van der Waals surface area contributed by atoms with Gasteiger partial charge in [0, 0.05) is 24.0 Å². The number of anilines is 2. The van der Waals surface area contributed by atoms with E-state index in [1.165, 1.54) is 7.11 Å². The van der Waals surface area contributed by atoms with Crippen LogP contribution in [0.5, 0.6) is 0 Å². The summed E-state index contributed by atoms with van der Waals surface area (Å²) in [7, 11) is 1.48. The van der Waals surface area contributed by atoms with E-state index in [4.69, 9.17) is 4.74 Å². The molecule has 88 valence electrons. The first-order valence-corrected chi connectivity index (χ1v) is 5.43. The van der Waals surface area contributed by atoms with Crippen molar-refractivity contribution in [2.24, 2.45) is 0 Å². The molecule has 2 aromatic carbocycles. The monoisotopic (exact) mass is 229 g/mol. The molecule has 3 heteroatoms. The second kappa shape index (κ2) is 5.48. The van der Waals surface area contributed by atoms with Gasteiger partial charge in [-0.2, -0.15) is 0 Å². The molecule has 17 heavy (non-hydrogen) atoms. The molecule has 2 aromatic rings. The van der Waals surface area contributed by atoms with Gasteiger partial charge < -0.3 is 15.2 Å². The first-order valence-electron chi connectivity index (χ1n) is 5.43. The zero-order chi connectivity index (χ0) is 12.1. The number of nitrogens with one attached hydrogen (secondary N) is 1. The number of benzene rings is 2. The van der Waals surface area contributed by atoms with Crippen molar-refractivity contribution in [2.45, 2.75) is 6.29 Å². The predicted octanol–water partition coefficient (Wildman–Crippen LogP) is 3.07. The van der Waals surface area contributed by atoms with Crippen LogP contribution in [0.25, 0.3) is 0 Å². The van der Waals surface area contributed by atoms with Crippen LogP contribution in [0.1, 0.15) is 11.9 Å². The Hall–Kier alpha value is -1.84. The summed E-state index contributed by atoms with van der Waals surface area (Å²) in [5, 5.41) is 13.0. The van der Waals surface area contributed by atoms with Gasteiger partial charge in [-0.05, 0) is 18.2 Å². The molecule has 0 aliphatic heterocycles. The Morgan fingerprint density at radius 2 is 1.65 bits per heavy atom. The summed E-state index contributed by atoms with van der Waals surface area (Å²) in [5.41, 5.74) is 2.54. The summed E-state index contributed by atoms with van der Waals surface area (Å²) < 4.78 is 4.93. The molecule has 1 atom stereocenters. The number of methoxy groups -OCH3 is 1. The van der Waals surface area contributed by atoms with E-state index < -0.39 is 6.29 Å². The summed E-state index contributed by atoms with van der Waals surface area (Å²) in [5.74, 6) is 0. The first-order chi connectivity index (χ1) is 8.31. The smallest absolute Gasteiger partial charge is 0.182 e. The molecule has 1 unspecified atom stereocenters. The van der Waals surface area contributed by atoms with E-state index in [1.807, 2.05) is 54.6 Å². The quantitative estimate of drug-likeness (QED) is 0.792. The van der Waals surface area contributed by atoms with Crippen molar-refractivity contribution < 1.29 is 9.84 Å². The van der Waals surface area contributed by atoms with Crippen molar-refractivity contribution in [1.82, 2.24) is 0 Å². The Bertz CT molecular complexity index is 471. The molecule has 0 aromatic heterocycles. The van der Waals surface area contributed by atoms with Gasteiger partial charge in [-0.15, -0.1) is 0 Å². The van der Waals surface area contributed by atoms with E-state index in [0.717, 1.165) is 16.9 Å². The zero-order valence-corrected chi connectivity index (χ0v) is 9.63. The van der Waals surface area contributed by atoms with Gasteiger partial charge in [0.15, 0.2) is 6.29 Å². The van der Waals surface area contributed by atoms with Gasteiger partial charge in [0.05, 0.1) is 0 Å². The number of ether oxygens (including phenoxy) is 1. The average molecular weight is 229 g/mol. The summed E-state index contributed by atoms with van der Waals surface area (Å²) in [6.45, 7) is 0. The lowest BCUT2D eigenvalue weighted by Crippen LogP contribution is -2.03. The second-order valence-corrected chi connectivity index (χ2v) is 3.67. The highest BCUT2D eigenvalue weighted by Gasteiger charge is 2.10. The third kappa shape index (κ3) is 2.84. The maximum Gasteiger partial charge on any atom is 0.182 e. The third-order valence-electron chi connectivity index (χ3n) is 2.50. The number of aliphatic hydroxyl groups excluding tert-OH is 1. The molecule has 0 saturated carbocycles. The van der Waals surface area contributed by atoms with Crippen molar-refractivity contribution >= 4 is 11.4 Å². The third-order valence-corrected chi connectivity index (χ3v) is 2.50. The molecule has 0 aliphatic carbocycles. The van der Waals surface area contributed by atoms with Crippen LogP contribution in [0.15, 0.2) is 54.6 Å². The fourth-order valence-corrected chi connectivity index (χ4v) is 1.63. The molecular weight excluding hydrogens is 214 g/mol. The highest BCUT2D eigenvalue weighted by Crippen LogP contribution is 2.26. The van der Waals surface area contributed by atoms with Crippen molar-refractivity contribution in [3.05, 3.63) is 60.2 Å². The lowest BCUT2D eigenvalue weighted by atomic mass is 10.1. The molecule has 0 aliphatic rings. The second-order valence-electron chi connectivity index (χ2n) is 3.67. The van der Waals surface area contributed by atoms with Crippen LogP contribution >= 0.6 is 0 Å². The Labute approximate surface area is 101 Å². The normalized spacial score (nSPS) is 12.1. The summed E-state index contributed by atoms with van der Waals surface area (Å²) >= 11 is 0. The van der Waals surface area contributed by atoms with E-state index in [-0.39, 0.29) is 0 Å². The fourth-order valence-electron chi connectivity index (χ4n) is 1.63. The number of hydrogen-bond donors (Lipinski definition) is 2. The standard InChI is InChI=1S/C14H15NO2/c1-17-14(16)12-9-5-6-10-13(12)15-11-7-3-2-4-8-11/h2-10,14-16H,1H3. The number of para-hydroxylation sites is 2. The van der Waals surface area contributed by atoms with Gasteiger partial charge in [-0.25, -0.2) is 0 Å². The summed E-state index contributed by atoms with van der Waals surface area (Å²) in [4.78, 5) is 0. The fraction of sp³-hybridized carbons (Fsp3) is 0.143. The van der Waals surface area contributed by atoms with Crippen molar-refractivity contribution in [3.8, 4) is 0 Å². The number of hydrogen-bond acceptors (Lipinski definition) is 3. The van der Waals surface area contributed by atoms with E-state index in [1.54, 1.807) is 0 Å². The molecule has 0 amide bonds. The minimum atomic E-state index is -0.914. The van der Waals surface area contributed by atoms with E-state index in [9.17, 15) is 5.11 Å². The highest BCUT2D eigenvalue weighted by atomic mass is 16.6. The summed E-state index contributed by atoms with van der Waals surface area (Å²) in [6, 6.07) is 17.3. The number of rotatable bonds is 4. The Morgan fingerprint density at radius 3 is 2.35 bits per heavy atom. The Kier molecular flexibility index (Phi) is 3.75. The van der Waals surface area contributed by atoms with Crippen LogP contribution in [-0.2, 0) is 4.74 Å². The summed E-state index contributed by atoms with van der Waals surface area (Å²) in [6.07, 6.45) is -0.914. The van der Waals surface area contributed by atoms with Gasteiger partial charge in [0.25, 0.3) is 0 Å². The van der Waals surface area contributed by atoms with Crippen LogP contribution in [0.2, 0.25) is 0 Å². The molecule has 2 rings (SSSR count). The topological polar surface area (TPSA) is 41.5 Å². The van der Waals surface area contributed by atoms with E-state index in [2.05, 4.69) is 5.32 Å². The van der Waals surface area contributed by atoms with Gasteiger partial charge in [-0.1, -0.05) is 36.4 Å². The van der Waals surface area contributed by atoms with Crippen LogP contribution in [-0.4, -0.2) is 12.2 Å². The van der Waals surface area contributed by atoms with Gasteiger partial charge in [-0.3, -0.25) is 0 Å². The average Bonchev–Trinajstić information content (AvgIpc) is 2.40. The molecule has 0 saturated heterocycles. The Morgan fingerprint density at radius 1 is 1.00 bits per heavy atom. The van der Waals surface area contributed by atoms with Crippen LogP contribution in [0.3, 0.4) is 0 Å². The van der Waals surface area contributed by atoms with Gasteiger partial charge in [0.1, 0.15) is 0 Å². The predicted molar refractivity (Wildman–Crippen MR) is 68.1 cm³/mol. The molecule has 3 nitrogen and oxygen atoms in total. The van der Waals surface area contributed by atoms with Crippen molar-refractivity contribution in [1.29, 1.82) is 0 Å². The highest BCUT2D eigenvalue weighted by molar-refractivity contribution is 5.63. The molecule has 0 radical (unpaired) electrons. The maximum absolute atomic E-state index is 9.73. The minimum Gasteiger partial charge on any atom is -0.364 e.